The number of ether oxygens (including phenoxy) is 1. The summed E-state index contributed by atoms with van der Waals surface area (Å²) >= 11 is 0. The minimum absolute atomic E-state index is 0.151. The van der Waals surface area contributed by atoms with Gasteiger partial charge in [-0.1, -0.05) is 18.0 Å². The number of nitrogens with one attached hydrogen (secondary N) is 1. The van der Waals surface area contributed by atoms with Gasteiger partial charge < -0.3 is 14.6 Å². The maximum atomic E-state index is 12.9. The quantitative estimate of drug-likeness (QED) is 0.516. The molecule has 0 spiro atoms. The van der Waals surface area contributed by atoms with Crippen LogP contribution >= 0.6 is 0 Å². The van der Waals surface area contributed by atoms with Gasteiger partial charge in [-0.3, -0.25) is 4.79 Å². The van der Waals surface area contributed by atoms with E-state index in [1.807, 2.05) is 24.3 Å². The second kappa shape index (κ2) is 10.8. The number of rotatable bonds is 8. The Labute approximate surface area is 199 Å². The number of hydrogen-bond acceptors (Lipinski definition) is 7. The van der Waals surface area contributed by atoms with E-state index in [9.17, 15) is 13.2 Å². The lowest BCUT2D eigenvalue weighted by Crippen LogP contribution is -2.31. The van der Waals surface area contributed by atoms with E-state index in [1.54, 1.807) is 23.5 Å². The number of carbonyl (C=O) groups is 1. The number of aryl methyl sites for hydroxylation is 1. The smallest absolute Gasteiger partial charge is 0.243 e. The average molecular weight is 485 g/mol. The van der Waals surface area contributed by atoms with Crippen molar-refractivity contribution in [3.63, 3.8) is 0 Å². The largest absolute Gasteiger partial charge is 0.497 e. The highest BCUT2D eigenvalue weighted by atomic mass is 32.2. The van der Waals surface area contributed by atoms with Gasteiger partial charge in [0.15, 0.2) is 0 Å². The van der Waals surface area contributed by atoms with E-state index in [0.29, 0.717) is 30.5 Å². The molecule has 1 amide bonds. The molecule has 34 heavy (non-hydrogen) atoms. The first-order valence-corrected chi connectivity index (χ1v) is 12.8. The van der Waals surface area contributed by atoms with Crippen LogP contribution in [0.4, 0.5) is 5.69 Å². The third-order valence-corrected chi connectivity index (χ3v) is 7.64. The number of hydrogen-bond donors (Lipinski definition) is 1. The van der Waals surface area contributed by atoms with Crippen LogP contribution in [0.2, 0.25) is 0 Å². The molecular weight excluding hydrogens is 456 g/mol. The minimum atomic E-state index is -3.52. The molecule has 0 bridgehead atoms. The van der Waals surface area contributed by atoms with E-state index in [0.717, 1.165) is 37.0 Å². The zero-order valence-corrected chi connectivity index (χ0v) is 19.9. The van der Waals surface area contributed by atoms with Crippen molar-refractivity contribution < 1.29 is 22.5 Å². The molecule has 1 saturated heterocycles. The molecule has 0 unspecified atom stereocenters. The van der Waals surface area contributed by atoms with E-state index in [1.165, 1.54) is 12.1 Å². The van der Waals surface area contributed by atoms with Gasteiger partial charge in [0.1, 0.15) is 5.75 Å². The fourth-order valence-corrected chi connectivity index (χ4v) is 5.32. The second-order valence-corrected chi connectivity index (χ2v) is 10.1. The summed E-state index contributed by atoms with van der Waals surface area (Å²) in [6, 6.07) is 13.6. The Morgan fingerprint density at radius 2 is 1.71 bits per heavy atom. The molecule has 9 nitrogen and oxygen atoms in total. The molecule has 2 aromatic carbocycles. The van der Waals surface area contributed by atoms with Crippen molar-refractivity contribution >= 4 is 21.6 Å². The SMILES string of the molecule is COc1ccc(-c2noc(CCC(=O)Nc3ccc(S(=O)(=O)N4CCCCCC4)cc3)n2)cc1. The van der Waals surface area contributed by atoms with Crippen LogP contribution < -0.4 is 10.1 Å². The maximum absolute atomic E-state index is 12.9. The van der Waals surface area contributed by atoms with Crippen molar-refractivity contribution in [1.82, 2.24) is 14.4 Å². The summed E-state index contributed by atoms with van der Waals surface area (Å²) < 4.78 is 37.7. The van der Waals surface area contributed by atoms with Crippen LogP contribution in [0.25, 0.3) is 11.4 Å². The summed E-state index contributed by atoms with van der Waals surface area (Å²) in [7, 11) is -1.92. The van der Waals surface area contributed by atoms with Crippen LogP contribution in [0.3, 0.4) is 0 Å². The van der Waals surface area contributed by atoms with Gasteiger partial charge in [-0.25, -0.2) is 8.42 Å². The summed E-state index contributed by atoms with van der Waals surface area (Å²) in [5.74, 6) is 1.31. The molecule has 1 aliphatic heterocycles. The first-order chi connectivity index (χ1) is 16.5. The highest BCUT2D eigenvalue weighted by molar-refractivity contribution is 7.89. The molecule has 180 valence electrons. The van der Waals surface area contributed by atoms with Gasteiger partial charge in [-0.05, 0) is 61.4 Å². The molecule has 0 aliphatic carbocycles. The average Bonchev–Trinajstić information content (AvgIpc) is 3.15. The summed E-state index contributed by atoms with van der Waals surface area (Å²) in [6.07, 6.45) is 4.32. The number of nitrogens with zero attached hydrogens (tertiary/aromatic N) is 3. The number of carbonyl (C=O) groups excluding carboxylic acids is 1. The van der Waals surface area contributed by atoms with E-state index in [4.69, 9.17) is 9.26 Å². The second-order valence-electron chi connectivity index (χ2n) is 8.13. The first-order valence-electron chi connectivity index (χ1n) is 11.3. The predicted octanol–water partition coefficient (Wildman–Crippen LogP) is 3.88. The number of methoxy groups -OCH3 is 1. The molecule has 0 saturated carbocycles. The number of benzene rings is 2. The fourth-order valence-electron chi connectivity index (χ4n) is 3.80. The third kappa shape index (κ3) is 5.81. The lowest BCUT2D eigenvalue weighted by atomic mass is 10.2. The molecule has 0 atom stereocenters. The Kier molecular flexibility index (Phi) is 7.59. The number of amides is 1. The van der Waals surface area contributed by atoms with E-state index in [2.05, 4.69) is 15.5 Å². The summed E-state index contributed by atoms with van der Waals surface area (Å²) in [6.45, 7) is 1.10. The Morgan fingerprint density at radius 3 is 2.35 bits per heavy atom. The van der Waals surface area contributed by atoms with E-state index < -0.39 is 10.0 Å². The van der Waals surface area contributed by atoms with Crippen molar-refractivity contribution in [3.05, 3.63) is 54.4 Å². The predicted molar refractivity (Wildman–Crippen MR) is 127 cm³/mol. The number of aromatic nitrogens is 2. The lowest BCUT2D eigenvalue weighted by Gasteiger charge is -2.20. The van der Waals surface area contributed by atoms with Crippen LogP contribution in [-0.2, 0) is 21.2 Å². The molecule has 1 N–H and O–H groups in total. The van der Waals surface area contributed by atoms with Crippen molar-refractivity contribution in [2.75, 3.05) is 25.5 Å². The van der Waals surface area contributed by atoms with Gasteiger partial charge in [0, 0.05) is 37.2 Å². The molecule has 0 radical (unpaired) electrons. The van der Waals surface area contributed by atoms with Crippen LogP contribution in [0.5, 0.6) is 5.75 Å². The molecular formula is C24H28N4O5S. The maximum Gasteiger partial charge on any atom is 0.243 e. The number of sulfonamides is 1. The Bertz CT molecular complexity index is 1200. The Morgan fingerprint density at radius 1 is 1.03 bits per heavy atom. The molecule has 1 fully saturated rings. The van der Waals surface area contributed by atoms with Crippen molar-refractivity contribution in [3.8, 4) is 17.1 Å². The monoisotopic (exact) mass is 484 g/mol. The minimum Gasteiger partial charge on any atom is -0.497 e. The molecule has 1 aromatic heterocycles. The van der Waals surface area contributed by atoms with Crippen molar-refractivity contribution in [1.29, 1.82) is 0 Å². The molecule has 2 heterocycles. The normalized spacial score (nSPS) is 15.0. The van der Waals surface area contributed by atoms with Gasteiger partial charge in [0.25, 0.3) is 0 Å². The highest BCUT2D eigenvalue weighted by Gasteiger charge is 2.25. The summed E-state index contributed by atoms with van der Waals surface area (Å²) in [5, 5.41) is 6.74. The summed E-state index contributed by atoms with van der Waals surface area (Å²) in [4.78, 5) is 16.9. The van der Waals surface area contributed by atoms with E-state index in [-0.39, 0.29) is 23.6 Å². The standard InChI is InChI=1S/C24H28N4O5S/c1-32-20-10-6-18(7-11-20)24-26-23(33-27-24)15-14-22(29)25-19-8-12-21(13-9-19)34(30,31)28-16-4-2-3-5-17-28/h6-13H,2-5,14-17H2,1H3,(H,25,29). The van der Waals surface area contributed by atoms with Crippen molar-refractivity contribution in [2.24, 2.45) is 0 Å². The fraction of sp³-hybridized carbons (Fsp3) is 0.375. The van der Waals surface area contributed by atoms with E-state index >= 15 is 0 Å². The van der Waals surface area contributed by atoms with Crippen LogP contribution in [-0.4, -0.2) is 49.0 Å². The van der Waals surface area contributed by atoms with Gasteiger partial charge in [0.2, 0.25) is 27.6 Å². The van der Waals surface area contributed by atoms with Gasteiger partial charge >= 0.3 is 0 Å². The molecule has 10 heteroatoms. The third-order valence-electron chi connectivity index (χ3n) is 5.72. The first kappa shape index (κ1) is 23.9. The molecule has 3 aromatic rings. The Hall–Kier alpha value is -3.24. The summed E-state index contributed by atoms with van der Waals surface area (Å²) in [5.41, 5.74) is 1.32. The van der Waals surface area contributed by atoms with Gasteiger partial charge in [0.05, 0.1) is 12.0 Å². The van der Waals surface area contributed by atoms with Crippen LogP contribution in [0.1, 0.15) is 38.0 Å². The van der Waals surface area contributed by atoms with Gasteiger partial charge in [-0.2, -0.15) is 9.29 Å². The molecule has 1 aliphatic rings. The topological polar surface area (TPSA) is 115 Å². The molecule has 4 rings (SSSR count). The Balaban J connectivity index is 1.31. The lowest BCUT2D eigenvalue weighted by molar-refractivity contribution is -0.116. The highest BCUT2D eigenvalue weighted by Crippen LogP contribution is 2.22. The number of anilines is 1. The zero-order valence-electron chi connectivity index (χ0n) is 19.1. The van der Waals surface area contributed by atoms with Crippen LogP contribution in [0.15, 0.2) is 57.9 Å². The van der Waals surface area contributed by atoms with Crippen LogP contribution in [0, 0.1) is 0 Å². The zero-order chi connectivity index (χ0) is 24.0. The van der Waals surface area contributed by atoms with Gasteiger partial charge in [-0.15, -0.1) is 0 Å². The van der Waals surface area contributed by atoms with Crippen molar-refractivity contribution in [2.45, 2.75) is 43.4 Å².